The highest BCUT2D eigenvalue weighted by Crippen LogP contribution is 2.14. The molecule has 0 aliphatic carbocycles. The minimum atomic E-state index is -0.926. The van der Waals surface area contributed by atoms with Gasteiger partial charge in [-0.1, -0.05) is 6.07 Å². The van der Waals surface area contributed by atoms with Gasteiger partial charge in [0.2, 0.25) is 0 Å². The molecule has 0 aliphatic rings. The van der Waals surface area contributed by atoms with Crippen molar-refractivity contribution in [1.82, 2.24) is 4.98 Å². The summed E-state index contributed by atoms with van der Waals surface area (Å²) in [6.45, 7) is 0.816. The van der Waals surface area contributed by atoms with E-state index in [1.54, 1.807) is 17.4 Å². The fraction of sp³-hybridized carbons (Fsp3) is 0.231. The molecule has 94 valence electrons. The average Bonchev–Trinajstić information content (AvgIpc) is 2.89. The van der Waals surface area contributed by atoms with Gasteiger partial charge >= 0.3 is 5.97 Å². The van der Waals surface area contributed by atoms with Crippen molar-refractivity contribution in [1.29, 1.82) is 0 Å². The number of hydrogen-bond donors (Lipinski definition) is 1. The van der Waals surface area contributed by atoms with Crippen molar-refractivity contribution >= 4 is 23.1 Å². The summed E-state index contributed by atoms with van der Waals surface area (Å²) in [4.78, 5) is 18.3. The molecule has 0 unspecified atom stereocenters. The van der Waals surface area contributed by atoms with Gasteiger partial charge in [0.1, 0.15) is 5.82 Å². The molecule has 0 atom stereocenters. The molecule has 0 saturated carbocycles. The molecule has 0 saturated heterocycles. The molecule has 4 nitrogen and oxygen atoms in total. The van der Waals surface area contributed by atoms with Gasteiger partial charge in [0.25, 0.3) is 0 Å². The van der Waals surface area contributed by atoms with Crippen LogP contribution >= 0.6 is 11.3 Å². The van der Waals surface area contributed by atoms with Gasteiger partial charge in [-0.05, 0) is 30.0 Å². The molecule has 0 amide bonds. The molecule has 0 spiro atoms. The quantitative estimate of drug-likeness (QED) is 0.899. The number of likely N-dealkylation sites (N-methyl/N-ethyl adjacent to an activating group) is 1. The summed E-state index contributed by atoms with van der Waals surface area (Å²) < 4.78 is 0. The predicted molar refractivity (Wildman–Crippen MR) is 72.5 cm³/mol. The summed E-state index contributed by atoms with van der Waals surface area (Å²) >= 11 is 1.73. The highest BCUT2D eigenvalue weighted by atomic mass is 32.1. The Labute approximate surface area is 110 Å². The second-order valence-electron chi connectivity index (χ2n) is 3.96. The lowest BCUT2D eigenvalue weighted by atomic mass is 10.2. The molecule has 1 N–H and O–H groups in total. The first-order valence-electron chi connectivity index (χ1n) is 5.59. The van der Waals surface area contributed by atoms with E-state index in [0.717, 1.165) is 13.0 Å². The summed E-state index contributed by atoms with van der Waals surface area (Å²) in [7, 11) is 1.92. The Morgan fingerprint density at radius 3 is 3.00 bits per heavy atom. The number of carbonyl (C=O) groups is 1. The molecule has 2 heterocycles. The topological polar surface area (TPSA) is 53.4 Å². The van der Waals surface area contributed by atoms with E-state index in [9.17, 15) is 4.79 Å². The zero-order valence-corrected chi connectivity index (χ0v) is 10.9. The van der Waals surface area contributed by atoms with Crippen LogP contribution < -0.4 is 4.90 Å². The number of aromatic carboxylic acids is 1. The highest BCUT2D eigenvalue weighted by molar-refractivity contribution is 7.09. The molecule has 18 heavy (non-hydrogen) atoms. The van der Waals surface area contributed by atoms with E-state index in [0.29, 0.717) is 5.82 Å². The number of carboxylic acid groups (broad SMARTS) is 1. The number of rotatable bonds is 5. The van der Waals surface area contributed by atoms with E-state index in [1.807, 2.05) is 18.0 Å². The largest absolute Gasteiger partial charge is 0.478 e. The summed E-state index contributed by atoms with van der Waals surface area (Å²) in [5.41, 5.74) is 0.267. The Kier molecular flexibility index (Phi) is 3.94. The Morgan fingerprint density at radius 2 is 2.33 bits per heavy atom. The molecule has 0 radical (unpaired) electrons. The van der Waals surface area contributed by atoms with E-state index < -0.39 is 5.97 Å². The van der Waals surface area contributed by atoms with Gasteiger partial charge in [-0.25, -0.2) is 9.78 Å². The molecule has 2 aromatic rings. The van der Waals surface area contributed by atoms with Gasteiger partial charge in [-0.15, -0.1) is 11.3 Å². The first kappa shape index (κ1) is 12.6. The number of thiophene rings is 1. The molecular formula is C13H14N2O2S. The van der Waals surface area contributed by atoms with Crippen LogP contribution in [0.2, 0.25) is 0 Å². The van der Waals surface area contributed by atoms with Crippen LogP contribution in [0.4, 0.5) is 5.82 Å². The summed E-state index contributed by atoms with van der Waals surface area (Å²) in [6.07, 6.45) is 2.47. The minimum Gasteiger partial charge on any atom is -0.478 e. The van der Waals surface area contributed by atoms with Crippen LogP contribution in [0.15, 0.2) is 35.8 Å². The molecule has 0 aliphatic heterocycles. The molecular weight excluding hydrogens is 248 g/mol. The number of aromatic nitrogens is 1. The first-order valence-corrected chi connectivity index (χ1v) is 6.47. The lowest BCUT2D eigenvalue weighted by Crippen LogP contribution is -2.21. The third-order valence-electron chi connectivity index (χ3n) is 2.66. The SMILES string of the molecule is CN(CCc1cccs1)c1cc(C(=O)O)ccn1. The summed E-state index contributed by atoms with van der Waals surface area (Å²) in [6, 6.07) is 7.22. The zero-order valence-electron chi connectivity index (χ0n) is 10.0. The minimum absolute atomic E-state index is 0.267. The van der Waals surface area contributed by atoms with Crippen molar-refractivity contribution in [3.8, 4) is 0 Å². The van der Waals surface area contributed by atoms with Crippen LogP contribution in [-0.4, -0.2) is 29.7 Å². The van der Waals surface area contributed by atoms with Crippen LogP contribution in [0.25, 0.3) is 0 Å². The molecule has 5 heteroatoms. The van der Waals surface area contributed by atoms with Crippen LogP contribution in [-0.2, 0) is 6.42 Å². The van der Waals surface area contributed by atoms with Crippen molar-refractivity contribution in [2.24, 2.45) is 0 Å². The smallest absolute Gasteiger partial charge is 0.335 e. The number of nitrogens with zero attached hydrogens (tertiary/aromatic N) is 2. The number of hydrogen-bond acceptors (Lipinski definition) is 4. The van der Waals surface area contributed by atoms with Crippen molar-refractivity contribution in [2.45, 2.75) is 6.42 Å². The second-order valence-corrected chi connectivity index (χ2v) is 4.99. The van der Waals surface area contributed by atoms with E-state index >= 15 is 0 Å². The van der Waals surface area contributed by atoms with Crippen LogP contribution in [0.5, 0.6) is 0 Å². The standard InChI is InChI=1S/C13H14N2O2S/c1-15(7-5-11-3-2-8-18-11)12-9-10(13(16)17)4-6-14-12/h2-4,6,8-9H,5,7H2,1H3,(H,16,17). The summed E-state index contributed by atoms with van der Waals surface area (Å²) in [5.74, 6) is -0.239. The summed E-state index contributed by atoms with van der Waals surface area (Å²) in [5, 5.41) is 11.0. The zero-order chi connectivity index (χ0) is 13.0. The fourth-order valence-electron chi connectivity index (χ4n) is 1.61. The molecule has 0 bridgehead atoms. The maximum atomic E-state index is 10.9. The third-order valence-corrected chi connectivity index (χ3v) is 3.59. The monoisotopic (exact) mass is 262 g/mol. The van der Waals surface area contributed by atoms with Crippen LogP contribution in [0, 0.1) is 0 Å². The maximum Gasteiger partial charge on any atom is 0.335 e. The normalized spacial score (nSPS) is 10.3. The van der Waals surface area contributed by atoms with E-state index in [2.05, 4.69) is 16.4 Å². The van der Waals surface area contributed by atoms with E-state index in [1.165, 1.54) is 17.1 Å². The van der Waals surface area contributed by atoms with Gasteiger partial charge in [0, 0.05) is 24.7 Å². The molecule has 0 aromatic carbocycles. The Hall–Kier alpha value is -1.88. The Bertz CT molecular complexity index is 526. The van der Waals surface area contributed by atoms with Gasteiger partial charge in [-0.3, -0.25) is 0 Å². The van der Waals surface area contributed by atoms with Gasteiger partial charge in [0.15, 0.2) is 0 Å². The van der Waals surface area contributed by atoms with Gasteiger partial charge in [0.05, 0.1) is 5.56 Å². The maximum absolute atomic E-state index is 10.9. The predicted octanol–water partition coefficient (Wildman–Crippen LogP) is 2.52. The lowest BCUT2D eigenvalue weighted by Gasteiger charge is -2.17. The molecule has 0 fully saturated rings. The van der Waals surface area contributed by atoms with Crippen molar-refractivity contribution in [2.75, 3.05) is 18.5 Å². The second kappa shape index (κ2) is 5.64. The Morgan fingerprint density at radius 1 is 1.50 bits per heavy atom. The van der Waals surface area contributed by atoms with Crippen LogP contribution in [0.3, 0.4) is 0 Å². The molecule has 2 aromatic heterocycles. The average molecular weight is 262 g/mol. The van der Waals surface area contributed by atoms with Gasteiger partial charge < -0.3 is 10.0 Å². The number of pyridine rings is 1. The van der Waals surface area contributed by atoms with E-state index in [-0.39, 0.29) is 5.56 Å². The first-order chi connectivity index (χ1) is 8.66. The molecule has 2 rings (SSSR count). The Balaban J connectivity index is 2.02. The fourth-order valence-corrected chi connectivity index (χ4v) is 2.31. The highest BCUT2D eigenvalue weighted by Gasteiger charge is 2.07. The number of anilines is 1. The van der Waals surface area contributed by atoms with Crippen molar-refractivity contribution in [3.05, 3.63) is 46.3 Å². The van der Waals surface area contributed by atoms with Crippen LogP contribution in [0.1, 0.15) is 15.2 Å². The number of carboxylic acids is 1. The lowest BCUT2D eigenvalue weighted by molar-refractivity contribution is 0.0697. The van der Waals surface area contributed by atoms with Gasteiger partial charge in [-0.2, -0.15) is 0 Å². The third kappa shape index (κ3) is 3.07. The van der Waals surface area contributed by atoms with Crippen molar-refractivity contribution < 1.29 is 9.90 Å². The van der Waals surface area contributed by atoms with E-state index in [4.69, 9.17) is 5.11 Å². The van der Waals surface area contributed by atoms with Crippen molar-refractivity contribution in [3.63, 3.8) is 0 Å².